The first-order valence-corrected chi connectivity index (χ1v) is 6.30. The minimum absolute atomic E-state index is 0.0941. The topological polar surface area (TPSA) is 65.5 Å². The van der Waals surface area contributed by atoms with E-state index in [0.717, 1.165) is 19.5 Å². The molecular weight excluding hydrogens is 254 g/mol. The van der Waals surface area contributed by atoms with Gasteiger partial charge in [-0.2, -0.15) is 0 Å². The maximum atomic E-state index is 11.8. The smallest absolute Gasteiger partial charge is 0.239 e. The Morgan fingerprint density at radius 2 is 2.44 bits per heavy atom. The van der Waals surface area contributed by atoms with Crippen molar-refractivity contribution in [3.05, 3.63) is 23.4 Å². The van der Waals surface area contributed by atoms with E-state index in [9.17, 15) is 4.79 Å². The second kappa shape index (κ2) is 6.13. The molecule has 0 saturated carbocycles. The zero-order chi connectivity index (χ0) is 13.0. The molecule has 2 N–H and O–H groups in total. The summed E-state index contributed by atoms with van der Waals surface area (Å²) in [7, 11) is 0. The summed E-state index contributed by atoms with van der Waals surface area (Å²) in [5.74, 6) is 0.706. The average molecular weight is 270 g/mol. The molecule has 1 aromatic heterocycles. The Hall–Kier alpha value is -1.17. The van der Waals surface area contributed by atoms with Gasteiger partial charge < -0.3 is 10.4 Å². The van der Waals surface area contributed by atoms with Crippen LogP contribution < -0.4 is 5.32 Å². The number of aliphatic hydroxyl groups is 1. The molecule has 18 heavy (non-hydrogen) atoms. The van der Waals surface area contributed by atoms with E-state index in [1.807, 2.05) is 4.90 Å². The van der Waals surface area contributed by atoms with Crippen LogP contribution in [0, 0.1) is 5.92 Å². The molecule has 2 rings (SSSR count). The van der Waals surface area contributed by atoms with E-state index in [1.165, 1.54) is 6.20 Å². The molecule has 0 bridgehead atoms. The SMILES string of the molecule is O=C(CN1CCC(CO)C1)Nc1ccc(Cl)cn1. The highest BCUT2D eigenvalue weighted by molar-refractivity contribution is 6.30. The second-order valence-corrected chi connectivity index (χ2v) is 4.92. The lowest BCUT2D eigenvalue weighted by Gasteiger charge is -2.14. The van der Waals surface area contributed by atoms with Gasteiger partial charge in [0.15, 0.2) is 0 Å². The minimum atomic E-state index is -0.0941. The van der Waals surface area contributed by atoms with E-state index in [4.69, 9.17) is 16.7 Å². The highest BCUT2D eigenvalue weighted by atomic mass is 35.5. The van der Waals surface area contributed by atoms with Gasteiger partial charge in [-0.1, -0.05) is 11.6 Å². The van der Waals surface area contributed by atoms with Gasteiger partial charge in [-0.15, -0.1) is 0 Å². The molecule has 0 radical (unpaired) electrons. The number of aliphatic hydroxyl groups excluding tert-OH is 1. The molecule has 1 atom stereocenters. The summed E-state index contributed by atoms with van der Waals surface area (Å²) in [5, 5.41) is 12.3. The highest BCUT2D eigenvalue weighted by Gasteiger charge is 2.23. The number of likely N-dealkylation sites (tertiary alicyclic amines) is 1. The molecule has 1 aliphatic rings. The Morgan fingerprint density at radius 3 is 3.06 bits per heavy atom. The Labute approximate surface area is 111 Å². The van der Waals surface area contributed by atoms with Crippen LogP contribution in [0.3, 0.4) is 0 Å². The number of carbonyl (C=O) groups is 1. The average Bonchev–Trinajstić information content (AvgIpc) is 2.79. The van der Waals surface area contributed by atoms with Crippen molar-refractivity contribution in [2.75, 3.05) is 31.6 Å². The quantitative estimate of drug-likeness (QED) is 0.856. The highest BCUT2D eigenvalue weighted by Crippen LogP contribution is 2.15. The number of anilines is 1. The predicted octanol–water partition coefficient (Wildman–Crippen LogP) is 0.988. The zero-order valence-corrected chi connectivity index (χ0v) is 10.7. The standard InChI is InChI=1S/C12H16ClN3O2/c13-10-1-2-11(14-5-10)15-12(18)7-16-4-3-9(6-16)8-17/h1-2,5,9,17H,3-4,6-8H2,(H,14,15,18). The lowest BCUT2D eigenvalue weighted by molar-refractivity contribution is -0.117. The number of amides is 1. The maximum absolute atomic E-state index is 11.8. The van der Waals surface area contributed by atoms with E-state index < -0.39 is 0 Å². The van der Waals surface area contributed by atoms with Crippen molar-refractivity contribution < 1.29 is 9.90 Å². The first-order chi connectivity index (χ1) is 8.67. The van der Waals surface area contributed by atoms with Gasteiger partial charge in [0.1, 0.15) is 5.82 Å². The van der Waals surface area contributed by atoms with Crippen LogP contribution in [0.25, 0.3) is 0 Å². The molecule has 1 amide bonds. The summed E-state index contributed by atoms with van der Waals surface area (Å²) in [4.78, 5) is 17.8. The summed E-state index contributed by atoms with van der Waals surface area (Å²) in [6.07, 6.45) is 2.44. The van der Waals surface area contributed by atoms with Crippen molar-refractivity contribution >= 4 is 23.3 Å². The first-order valence-electron chi connectivity index (χ1n) is 5.92. The van der Waals surface area contributed by atoms with Gasteiger partial charge in [0, 0.05) is 19.3 Å². The fourth-order valence-electron chi connectivity index (χ4n) is 2.04. The number of nitrogens with one attached hydrogen (secondary N) is 1. The molecule has 0 aromatic carbocycles. The van der Waals surface area contributed by atoms with Gasteiger partial charge in [-0.25, -0.2) is 4.98 Å². The van der Waals surface area contributed by atoms with Gasteiger partial charge in [0.2, 0.25) is 5.91 Å². The van der Waals surface area contributed by atoms with Gasteiger partial charge in [-0.3, -0.25) is 9.69 Å². The Bertz CT molecular complexity index is 410. The third-order valence-corrected chi connectivity index (χ3v) is 3.21. The van der Waals surface area contributed by atoms with Crippen LogP contribution in [0.1, 0.15) is 6.42 Å². The lowest BCUT2D eigenvalue weighted by Crippen LogP contribution is -2.32. The number of hydrogen-bond acceptors (Lipinski definition) is 4. The third kappa shape index (κ3) is 3.66. The minimum Gasteiger partial charge on any atom is -0.396 e. The molecule has 5 nitrogen and oxygen atoms in total. The first kappa shape index (κ1) is 13.3. The Balaban J connectivity index is 1.80. The van der Waals surface area contributed by atoms with E-state index >= 15 is 0 Å². The molecule has 1 unspecified atom stereocenters. The second-order valence-electron chi connectivity index (χ2n) is 4.48. The van der Waals surface area contributed by atoms with E-state index in [0.29, 0.717) is 23.3 Å². The lowest BCUT2D eigenvalue weighted by atomic mass is 10.1. The Kier molecular flexibility index (Phi) is 4.52. The monoisotopic (exact) mass is 269 g/mol. The number of aromatic nitrogens is 1. The van der Waals surface area contributed by atoms with Crippen LogP contribution in [0.5, 0.6) is 0 Å². The van der Waals surface area contributed by atoms with Crippen LogP contribution in [0.15, 0.2) is 18.3 Å². The van der Waals surface area contributed by atoms with Crippen molar-refractivity contribution in [3.63, 3.8) is 0 Å². The van der Waals surface area contributed by atoms with Crippen molar-refractivity contribution in [1.82, 2.24) is 9.88 Å². The molecule has 98 valence electrons. The van der Waals surface area contributed by atoms with Crippen molar-refractivity contribution in [2.45, 2.75) is 6.42 Å². The van der Waals surface area contributed by atoms with Crippen molar-refractivity contribution in [2.24, 2.45) is 5.92 Å². The Morgan fingerprint density at radius 1 is 1.61 bits per heavy atom. The summed E-state index contributed by atoms with van der Waals surface area (Å²) >= 11 is 5.71. The van der Waals surface area contributed by atoms with Gasteiger partial charge in [-0.05, 0) is 31.0 Å². The normalized spacial score (nSPS) is 20.0. The summed E-state index contributed by atoms with van der Waals surface area (Å²) in [6.45, 7) is 2.16. The number of carbonyl (C=O) groups excluding carboxylic acids is 1. The largest absolute Gasteiger partial charge is 0.396 e. The molecule has 6 heteroatoms. The molecule has 1 aromatic rings. The number of halogens is 1. The van der Waals surface area contributed by atoms with Crippen LogP contribution >= 0.6 is 11.6 Å². The van der Waals surface area contributed by atoms with Crippen LogP contribution in [0.2, 0.25) is 5.02 Å². The molecule has 0 aliphatic carbocycles. The number of hydrogen-bond donors (Lipinski definition) is 2. The summed E-state index contributed by atoms with van der Waals surface area (Å²) in [6, 6.07) is 3.35. The molecule has 1 aliphatic heterocycles. The molecule has 1 fully saturated rings. The van der Waals surface area contributed by atoms with Crippen molar-refractivity contribution in [3.8, 4) is 0 Å². The van der Waals surface area contributed by atoms with Crippen LogP contribution in [-0.2, 0) is 4.79 Å². The fraction of sp³-hybridized carbons (Fsp3) is 0.500. The van der Waals surface area contributed by atoms with Gasteiger partial charge in [0.05, 0.1) is 11.6 Å². The van der Waals surface area contributed by atoms with Gasteiger partial charge >= 0.3 is 0 Å². The molecular formula is C12H16ClN3O2. The van der Waals surface area contributed by atoms with Gasteiger partial charge in [0.25, 0.3) is 0 Å². The summed E-state index contributed by atoms with van der Waals surface area (Å²) < 4.78 is 0. The molecule has 2 heterocycles. The zero-order valence-electron chi connectivity index (χ0n) is 9.97. The fourth-order valence-corrected chi connectivity index (χ4v) is 2.15. The van der Waals surface area contributed by atoms with Crippen LogP contribution in [-0.4, -0.2) is 47.1 Å². The third-order valence-electron chi connectivity index (χ3n) is 2.99. The summed E-state index contributed by atoms with van der Waals surface area (Å²) in [5.41, 5.74) is 0. The predicted molar refractivity (Wildman–Crippen MR) is 69.5 cm³/mol. The van der Waals surface area contributed by atoms with Crippen molar-refractivity contribution in [1.29, 1.82) is 0 Å². The van der Waals surface area contributed by atoms with E-state index in [2.05, 4.69) is 10.3 Å². The van der Waals surface area contributed by atoms with E-state index in [1.54, 1.807) is 12.1 Å². The van der Waals surface area contributed by atoms with E-state index in [-0.39, 0.29) is 12.5 Å². The maximum Gasteiger partial charge on any atom is 0.239 e. The van der Waals surface area contributed by atoms with Crippen LogP contribution in [0.4, 0.5) is 5.82 Å². The molecule has 0 spiro atoms. The number of nitrogens with zero attached hydrogens (tertiary/aromatic N) is 2. The number of rotatable bonds is 4. The number of pyridine rings is 1. The molecule has 1 saturated heterocycles.